The minimum Gasteiger partial charge on any atom is -0.443 e. The van der Waals surface area contributed by atoms with Crippen LogP contribution >= 0.6 is 0 Å². The first-order chi connectivity index (χ1) is 13.4. The maximum absolute atomic E-state index is 12.8. The van der Waals surface area contributed by atoms with Gasteiger partial charge in [0.1, 0.15) is 23.0 Å². The number of carbonyl (C=O) groups excluding carboxylic acids is 2. The van der Waals surface area contributed by atoms with Crippen molar-refractivity contribution in [2.75, 3.05) is 10.6 Å². The normalized spacial score (nSPS) is 10.5. The Morgan fingerprint density at radius 3 is 2.36 bits per heavy atom. The molecule has 142 valence electrons. The first kappa shape index (κ1) is 19.0. The van der Waals surface area contributed by atoms with E-state index in [9.17, 15) is 14.9 Å². The Hall–Kier alpha value is -3.79. The number of furan rings is 1. The highest BCUT2D eigenvalue weighted by Gasteiger charge is 2.24. The van der Waals surface area contributed by atoms with E-state index in [-0.39, 0.29) is 23.0 Å². The van der Waals surface area contributed by atoms with Crippen molar-refractivity contribution < 1.29 is 14.0 Å². The number of nitrogens with one attached hydrogen (secondary N) is 2. The van der Waals surface area contributed by atoms with Crippen molar-refractivity contribution in [3.63, 3.8) is 0 Å². The van der Waals surface area contributed by atoms with Crippen LogP contribution in [0.25, 0.3) is 5.88 Å². The molecule has 0 aliphatic heterocycles. The number of aryl methyl sites for hydroxylation is 1. The molecule has 2 heterocycles. The number of hydrogen-bond donors (Lipinski definition) is 2. The van der Waals surface area contributed by atoms with Crippen molar-refractivity contribution in [2.45, 2.75) is 20.8 Å². The van der Waals surface area contributed by atoms with E-state index in [0.29, 0.717) is 23.0 Å². The van der Waals surface area contributed by atoms with Gasteiger partial charge in [-0.2, -0.15) is 5.26 Å². The second kappa shape index (κ2) is 7.84. The standard InChI is InChI=1S/C21H20N4O3/c1-13(2)19(26)23-15-7-6-8-16(11-15)24-20(27)18-14(3)28-21(17(18)12-22)25-9-4-5-10-25/h4-11,13H,1-3H3,(H,23,26)(H,24,27). The number of nitrogens with zero attached hydrogens (tertiary/aromatic N) is 2. The van der Waals surface area contributed by atoms with Crippen molar-refractivity contribution in [1.29, 1.82) is 5.26 Å². The summed E-state index contributed by atoms with van der Waals surface area (Å²) in [5.74, 6) is -0.0759. The van der Waals surface area contributed by atoms with Crippen LogP contribution in [-0.4, -0.2) is 16.4 Å². The summed E-state index contributed by atoms with van der Waals surface area (Å²) in [6.45, 7) is 5.24. The zero-order valence-electron chi connectivity index (χ0n) is 15.8. The van der Waals surface area contributed by atoms with Crippen molar-refractivity contribution in [2.24, 2.45) is 5.92 Å². The molecule has 0 fully saturated rings. The van der Waals surface area contributed by atoms with Gasteiger partial charge in [0.25, 0.3) is 5.91 Å². The van der Waals surface area contributed by atoms with E-state index in [0.717, 1.165) is 0 Å². The highest BCUT2D eigenvalue weighted by atomic mass is 16.4. The van der Waals surface area contributed by atoms with Crippen molar-refractivity contribution in [3.8, 4) is 12.0 Å². The third-order valence-electron chi connectivity index (χ3n) is 4.16. The number of hydrogen-bond acceptors (Lipinski definition) is 4. The molecule has 0 radical (unpaired) electrons. The van der Waals surface area contributed by atoms with Crippen LogP contribution in [0.1, 0.15) is 35.5 Å². The van der Waals surface area contributed by atoms with E-state index < -0.39 is 5.91 Å². The van der Waals surface area contributed by atoms with Gasteiger partial charge in [-0.15, -0.1) is 0 Å². The van der Waals surface area contributed by atoms with Crippen LogP contribution in [0.3, 0.4) is 0 Å². The van der Waals surface area contributed by atoms with E-state index in [1.165, 1.54) is 0 Å². The van der Waals surface area contributed by atoms with Crippen LogP contribution in [0, 0.1) is 24.2 Å². The third kappa shape index (κ3) is 3.81. The molecule has 1 aromatic carbocycles. The summed E-state index contributed by atoms with van der Waals surface area (Å²) < 4.78 is 7.31. The Kier molecular flexibility index (Phi) is 5.32. The van der Waals surface area contributed by atoms with Crippen LogP contribution in [0.15, 0.2) is 53.2 Å². The zero-order valence-corrected chi connectivity index (χ0v) is 15.8. The number of rotatable bonds is 5. The molecule has 0 spiro atoms. The maximum atomic E-state index is 12.8. The Labute approximate surface area is 162 Å². The molecule has 28 heavy (non-hydrogen) atoms. The third-order valence-corrected chi connectivity index (χ3v) is 4.16. The summed E-state index contributed by atoms with van der Waals surface area (Å²) in [4.78, 5) is 24.7. The molecule has 0 atom stereocenters. The average molecular weight is 376 g/mol. The molecule has 2 aromatic heterocycles. The number of amides is 2. The summed E-state index contributed by atoms with van der Waals surface area (Å²) in [5.41, 5.74) is 1.42. The number of nitriles is 1. The second-order valence-corrected chi connectivity index (χ2v) is 6.59. The van der Waals surface area contributed by atoms with Crippen LogP contribution in [0.2, 0.25) is 0 Å². The lowest BCUT2D eigenvalue weighted by molar-refractivity contribution is -0.118. The molecular weight excluding hydrogens is 356 g/mol. The van der Waals surface area contributed by atoms with E-state index in [4.69, 9.17) is 4.42 Å². The molecule has 3 rings (SSSR count). The smallest absolute Gasteiger partial charge is 0.260 e. The maximum Gasteiger partial charge on any atom is 0.260 e. The van der Waals surface area contributed by atoms with Gasteiger partial charge in [-0.3, -0.25) is 14.2 Å². The molecule has 2 N–H and O–H groups in total. The van der Waals surface area contributed by atoms with Crippen molar-refractivity contribution in [1.82, 2.24) is 4.57 Å². The average Bonchev–Trinajstić information content (AvgIpc) is 3.28. The Morgan fingerprint density at radius 2 is 1.75 bits per heavy atom. The fourth-order valence-electron chi connectivity index (χ4n) is 2.71. The second-order valence-electron chi connectivity index (χ2n) is 6.59. The van der Waals surface area contributed by atoms with Crippen LogP contribution in [0.5, 0.6) is 0 Å². The zero-order chi connectivity index (χ0) is 20.3. The molecular formula is C21H20N4O3. The lowest BCUT2D eigenvalue weighted by atomic mass is 10.1. The van der Waals surface area contributed by atoms with E-state index in [1.807, 2.05) is 0 Å². The number of benzene rings is 1. The number of carbonyl (C=O) groups is 2. The first-order valence-corrected chi connectivity index (χ1v) is 8.79. The molecule has 0 aliphatic rings. The summed E-state index contributed by atoms with van der Waals surface area (Å²) in [5, 5.41) is 15.1. The number of aromatic nitrogens is 1. The van der Waals surface area contributed by atoms with Gasteiger partial charge in [0.05, 0.1) is 0 Å². The van der Waals surface area contributed by atoms with Crippen LogP contribution < -0.4 is 10.6 Å². The van der Waals surface area contributed by atoms with Gasteiger partial charge in [-0.05, 0) is 37.3 Å². The minimum absolute atomic E-state index is 0.114. The van der Waals surface area contributed by atoms with E-state index in [1.54, 1.807) is 74.1 Å². The SMILES string of the molecule is Cc1oc(-n2cccc2)c(C#N)c1C(=O)Nc1cccc(NC(=O)C(C)C)c1. The lowest BCUT2D eigenvalue weighted by Crippen LogP contribution is -2.18. The lowest BCUT2D eigenvalue weighted by Gasteiger charge is -2.10. The Morgan fingerprint density at radius 1 is 1.11 bits per heavy atom. The number of anilines is 2. The van der Waals surface area contributed by atoms with Gasteiger partial charge in [-0.1, -0.05) is 19.9 Å². The molecule has 0 unspecified atom stereocenters. The van der Waals surface area contributed by atoms with Gasteiger partial charge in [0, 0.05) is 29.7 Å². The minimum atomic E-state index is -0.455. The fraction of sp³-hybridized carbons (Fsp3) is 0.190. The molecule has 0 bridgehead atoms. The highest BCUT2D eigenvalue weighted by molar-refractivity contribution is 6.07. The fourth-order valence-corrected chi connectivity index (χ4v) is 2.71. The summed E-state index contributed by atoms with van der Waals surface area (Å²) >= 11 is 0. The van der Waals surface area contributed by atoms with Gasteiger partial charge in [-0.25, -0.2) is 0 Å². The van der Waals surface area contributed by atoms with Crippen molar-refractivity contribution in [3.05, 3.63) is 65.7 Å². The largest absolute Gasteiger partial charge is 0.443 e. The molecule has 7 nitrogen and oxygen atoms in total. The first-order valence-electron chi connectivity index (χ1n) is 8.79. The van der Waals surface area contributed by atoms with Gasteiger partial charge < -0.3 is 15.1 Å². The molecule has 3 aromatic rings. The summed E-state index contributed by atoms with van der Waals surface area (Å²) in [6, 6.07) is 12.5. The van der Waals surface area contributed by atoms with Gasteiger partial charge in [0.15, 0.2) is 0 Å². The predicted octanol–water partition coefficient (Wildman–Crippen LogP) is 4.10. The Balaban J connectivity index is 1.86. The van der Waals surface area contributed by atoms with Gasteiger partial charge >= 0.3 is 0 Å². The Bertz CT molecular complexity index is 1060. The quantitative estimate of drug-likeness (QED) is 0.700. The molecule has 0 saturated heterocycles. The molecule has 2 amide bonds. The van der Waals surface area contributed by atoms with Crippen molar-refractivity contribution >= 4 is 23.2 Å². The summed E-state index contributed by atoms with van der Waals surface area (Å²) in [6.07, 6.45) is 3.48. The molecule has 0 aliphatic carbocycles. The van der Waals surface area contributed by atoms with E-state index in [2.05, 4.69) is 16.7 Å². The van der Waals surface area contributed by atoms with Crippen LogP contribution in [0.4, 0.5) is 11.4 Å². The summed E-state index contributed by atoms with van der Waals surface area (Å²) in [7, 11) is 0. The van der Waals surface area contributed by atoms with Crippen LogP contribution in [-0.2, 0) is 4.79 Å². The van der Waals surface area contributed by atoms with E-state index >= 15 is 0 Å². The highest BCUT2D eigenvalue weighted by Crippen LogP contribution is 2.26. The molecule has 0 saturated carbocycles. The monoisotopic (exact) mass is 376 g/mol. The van der Waals surface area contributed by atoms with Gasteiger partial charge in [0.2, 0.25) is 11.8 Å². The molecule has 7 heteroatoms. The topological polar surface area (TPSA) is 100 Å². The predicted molar refractivity (Wildman–Crippen MR) is 105 cm³/mol.